The molecule has 0 unspecified atom stereocenters. The van der Waals surface area contributed by atoms with Gasteiger partial charge >= 0.3 is 5.97 Å². The Morgan fingerprint density at radius 2 is 2.13 bits per heavy atom. The first-order chi connectivity index (χ1) is 7.02. The molecule has 3 nitrogen and oxygen atoms in total. The zero-order valence-electron chi connectivity index (χ0n) is 8.41. The van der Waals surface area contributed by atoms with Crippen LogP contribution in [0.4, 0.5) is 0 Å². The standard InChI is InChI=1S/C11H10ClNO2/c1-6-5-8-9(13(6)2)4-3-7(10(8)12)11(14)15/h3-5H,1-2H3,(H,14,15). The highest BCUT2D eigenvalue weighted by Gasteiger charge is 2.13. The van der Waals surface area contributed by atoms with Gasteiger partial charge in [0.1, 0.15) is 0 Å². The quantitative estimate of drug-likeness (QED) is 0.808. The molecule has 0 atom stereocenters. The molecule has 1 aromatic heterocycles. The van der Waals surface area contributed by atoms with Gasteiger partial charge in [0, 0.05) is 23.6 Å². The van der Waals surface area contributed by atoms with Gasteiger partial charge in [0.05, 0.1) is 10.6 Å². The average Bonchev–Trinajstić information content (AvgIpc) is 2.45. The maximum atomic E-state index is 10.9. The average molecular weight is 224 g/mol. The van der Waals surface area contributed by atoms with Crippen molar-refractivity contribution in [3.05, 3.63) is 34.5 Å². The summed E-state index contributed by atoms with van der Waals surface area (Å²) in [4.78, 5) is 10.9. The molecule has 0 spiro atoms. The number of fused-ring (bicyclic) bond motifs is 1. The van der Waals surface area contributed by atoms with Crippen LogP contribution >= 0.6 is 11.6 Å². The number of nitrogens with zero attached hydrogens (tertiary/aromatic N) is 1. The van der Waals surface area contributed by atoms with Crippen LogP contribution < -0.4 is 0 Å². The molecule has 0 saturated carbocycles. The number of carbonyl (C=O) groups is 1. The Balaban J connectivity index is 2.85. The first kappa shape index (κ1) is 10.1. The number of carboxylic acids is 1. The highest BCUT2D eigenvalue weighted by Crippen LogP contribution is 2.29. The number of rotatable bonds is 1. The van der Waals surface area contributed by atoms with Gasteiger partial charge in [0.25, 0.3) is 0 Å². The van der Waals surface area contributed by atoms with Gasteiger partial charge in [0.2, 0.25) is 0 Å². The second-order valence-corrected chi connectivity index (χ2v) is 3.89. The highest BCUT2D eigenvalue weighted by atomic mass is 35.5. The molecular formula is C11H10ClNO2. The SMILES string of the molecule is Cc1cc2c(Cl)c(C(=O)O)ccc2n1C. The van der Waals surface area contributed by atoms with Gasteiger partial charge in [0.15, 0.2) is 0 Å². The summed E-state index contributed by atoms with van der Waals surface area (Å²) in [7, 11) is 1.93. The molecule has 0 amide bonds. The van der Waals surface area contributed by atoms with Crippen LogP contribution in [0.15, 0.2) is 18.2 Å². The number of hydrogen-bond acceptors (Lipinski definition) is 1. The van der Waals surface area contributed by atoms with Gasteiger partial charge in [-0.25, -0.2) is 4.79 Å². The molecule has 15 heavy (non-hydrogen) atoms. The Labute approximate surface area is 91.9 Å². The minimum Gasteiger partial charge on any atom is -0.478 e. The number of aromatic nitrogens is 1. The number of benzene rings is 1. The highest BCUT2D eigenvalue weighted by molar-refractivity contribution is 6.38. The van der Waals surface area contributed by atoms with Gasteiger partial charge in [-0.1, -0.05) is 11.6 Å². The normalized spacial score (nSPS) is 10.9. The Morgan fingerprint density at radius 3 is 2.73 bits per heavy atom. The molecule has 0 saturated heterocycles. The first-order valence-corrected chi connectivity index (χ1v) is 4.88. The van der Waals surface area contributed by atoms with Crippen LogP contribution in [0, 0.1) is 6.92 Å². The van der Waals surface area contributed by atoms with E-state index in [-0.39, 0.29) is 5.56 Å². The van der Waals surface area contributed by atoms with Crippen molar-refractivity contribution in [3.8, 4) is 0 Å². The Morgan fingerprint density at radius 1 is 1.47 bits per heavy atom. The topological polar surface area (TPSA) is 42.2 Å². The fraction of sp³-hybridized carbons (Fsp3) is 0.182. The summed E-state index contributed by atoms with van der Waals surface area (Å²) in [5, 5.41) is 10.0. The molecule has 0 bridgehead atoms. The van der Waals surface area contributed by atoms with Crippen molar-refractivity contribution in [2.24, 2.45) is 7.05 Å². The summed E-state index contributed by atoms with van der Waals surface area (Å²) in [6, 6.07) is 5.20. The third-order valence-electron chi connectivity index (χ3n) is 2.63. The Bertz CT molecular complexity index is 557. The number of aromatic carboxylic acids is 1. The van der Waals surface area contributed by atoms with E-state index in [1.54, 1.807) is 6.07 Å². The number of hydrogen-bond donors (Lipinski definition) is 1. The largest absolute Gasteiger partial charge is 0.478 e. The molecule has 1 aromatic carbocycles. The summed E-state index contributed by atoms with van der Waals surface area (Å²) >= 11 is 6.03. The molecular weight excluding hydrogens is 214 g/mol. The van der Waals surface area contributed by atoms with Gasteiger partial charge in [-0.15, -0.1) is 0 Å². The summed E-state index contributed by atoms with van der Waals surface area (Å²) < 4.78 is 1.98. The molecule has 2 rings (SSSR count). The van der Waals surface area contributed by atoms with E-state index in [2.05, 4.69) is 0 Å². The minimum absolute atomic E-state index is 0.148. The maximum absolute atomic E-state index is 10.9. The lowest BCUT2D eigenvalue weighted by atomic mass is 10.1. The van der Waals surface area contributed by atoms with Gasteiger partial charge in [-0.3, -0.25) is 0 Å². The van der Waals surface area contributed by atoms with Crippen LogP contribution in [-0.2, 0) is 7.05 Å². The van der Waals surface area contributed by atoms with Gasteiger partial charge in [-0.05, 0) is 25.1 Å². The van der Waals surface area contributed by atoms with Crippen molar-refractivity contribution in [1.82, 2.24) is 4.57 Å². The number of aryl methyl sites for hydroxylation is 2. The van der Waals surface area contributed by atoms with E-state index >= 15 is 0 Å². The molecule has 78 valence electrons. The fourth-order valence-electron chi connectivity index (χ4n) is 1.67. The zero-order chi connectivity index (χ0) is 11.2. The third kappa shape index (κ3) is 1.39. The molecule has 1 heterocycles. The van der Waals surface area contributed by atoms with Crippen molar-refractivity contribution >= 4 is 28.5 Å². The summed E-state index contributed by atoms with van der Waals surface area (Å²) in [6.07, 6.45) is 0. The van der Waals surface area contributed by atoms with Gasteiger partial charge < -0.3 is 9.67 Å². The first-order valence-electron chi connectivity index (χ1n) is 4.50. The number of carboxylic acid groups (broad SMARTS) is 1. The van der Waals surface area contributed by atoms with Crippen LogP contribution in [0.3, 0.4) is 0 Å². The van der Waals surface area contributed by atoms with E-state index in [4.69, 9.17) is 16.7 Å². The molecule has 0 aliphatic heterocycles. The maximum Gasteiger partial charge on any atom is 0.337 e. The van der Waals surface area contributed by atoms with Crippen LogP contribution in [0.5, 0.6) is 0 Å². The monoisotopic (exact) mass is 223 g/mol. The fourth-order valence-corrected chi connectivity index (χ4v) is 1.97. The van der Waals surface area contributed by atoms with E-state index < -0.39 is 5.97 Å². The van der Waals surface area contributed by atoms with Crippen LogP contribution in [0.2, 0.25) is 5.02 Å². The van der Waals surface area contributed by atoms with E-state index in [9.17, 15) is 4.79 Å². The molecule has 0 fully saturated rings. The second kappa shape index (κ2) is 3.28. The molecule has 2 aromatic rings. The Hall–Kier alpha value is -1.48. The van der Waals surface area contributed by atoms with Crippen LogP contribution in [0.25, 0.3) is 10.9 Å². The Kier molecular flexibility index (Phi) is 2.20. The minimum atomic E-state index is -0.997. The van der Waals surface area contributed by atoms with E-state index in [1.165, 1.54) is 6.07 Å². The van der Waals surface area contributed by atoms with Crippen molar-refractivity contribution in [2.45, 2.75) is 6.92 Å². The van der Waals surface area contributed by atoms with Crippen molar-refractivity contribution in [1.29, 1.82) is 0 Å². The summed E-state index contributed by atoms with van der Waals surface area (Å²) in [5.41, 5.74) is 2.15. The lowest BCUT2D eigenvalue weighted by Gasteiger charge is -2.02. The van der Waals surface area contributed by atoms with Gasteiger partial charge in [-0.2, -0.15) is 0 Å². The third-order valence-corrected chi connectivity index (χ3v) is 3.04. The van der Waals surface area contributed by atoms with E-state index in [1.807, 2.05) is 24.6 Å². The predicted octanol–water partition coefficient (Wildman–Crippen LogP) is 2.84. The molecule has 0 aliphatic rings. The number of halogens is 1. The van der Waals surface area contributed by atoms with Crippen molar-refractivity contribution in [2.75, 3.05) is 0 Å². The molecule has 4 heteroatoms. The smallest absolute Gasteiger partial charge is 0.337 e. The molecule has 1 N–H and O–H groups in total. The molecule has 0 aliphatic carbocycles. The van der Waals surface area contributed by atoms with E-state index in [0.29, 0.717) is 5.02 Å². The summed E-state index contributed by atoms with van der Waals surface area (Å²) in [6.45, 7) is 1.96. The summed E-state index contributed by atoms with van der Waals surface area (Å²) in [5.74, 6) is -0.997. The van der Waals surface area contributed by atoms with Crippen LogP contribution in [0.1, 0.15) is 16.1 Å². The zero-order valence-corrected chi connectivity index (χ0v) is 9.17. The van der Waals surface area contributed by atoms with Crippen molar-refractivity contribution in [3.63, 3.8) is 0 Å². The second-order valence-electron chi connectivity index (χ2n) is 3.51. The van der Waals surface area contributed by atoms with Crippen LogP contribution in [-0.4, -0.2) is 15.6 Å². The molecule has 0 radical (unpaired) electrons. The lowest BCUT2D eigenvalue weighted by molar-refractivity contribution is 0.0697. The predicted molar refractivity (Wildman–Crippen MR) is 59.6 cm³/mol. The lowest BCUT2D eigenvalue weighted by Crippen LogP contribution is -1.97. The van der Waals surface area contributed by atoms with E-state index in [0.717, 1.165) is 16.6 Å². The van der Waals surface area contributed by atoms with Crippen molar-refractivity contribution < 1.29 is 9.90 Å².